The lowest BCUT2D eigenvalue weighted by Gasteiger charge is -2.14. The number of hydrogen-bond acceptors (Lipinski definition) is 4. The van der Waals surface area contributed by atoms with Crippen molar-refractivity contribution in [2.24, 2.45) is 0 Å². The van der Waals surface area contributed by atoms with Gasteiger partial charge in [-0.25, -0.2) is 0 Å². The van der Waals surface area contributed by atoms with Crippen LogP contribution in [0.5, 0.6) is 0 Å². The molecule has 0 heterocycles. The van der Waals surface area contributed by atoms with E-state index in [1.165, 1.54) is 55.8 Å². The molecule has 2 N–H and O–H groups in total. The molecule has 0 aliphatic carbocycles. The van der Waals surface area contributed by atoms with E-state index in [0.717, 1.165) is 0 Å². The molecular weight excluding hydrogens is 410 g/mol. The van der Waals surface area contributed by atoms with Gasteiger partial charge in [0.15, 0.2) is 0 Å². The summed E-state index contributed by atoms with van der Waals surface area (Å²) in [7, 11) is -3.80. The monoisotopic (exact) mass is 442 g/mol. The molecule has 9 heteroatoms. The van der Waals surface area contributed by atoms with Crippen LogP contribution in [0.2, 0.25) is 0 Å². The average molecular weight is 443 g/mol. The van der Waals surface area contributed by atoms with Crippen molar-refractivity contribution in [3.63, 3.8) is 0 Å². The normalized spacial score (nSPS) is 11.4. The average Bonchev–Trinajstić information content (AvgIpc) is 2.47. The van der Waals surface area contributed by atoms with Crippen LogP contribution in [0, 0.1) is 0 Å². The van der Waals surface area contributed by atoms with Gasteiger partial charge < -0.3 is 9.79 Å². The van der Waals surface area contributed by atoms with Crippen LogP contribution in [0.4, 0.5) is 0 Å². The van der Waals surface area contributed by atoms with Crippen LogP contribution in [-0.2, 0) is 4.57 Å². The summed E-state index contributed by atoms with van der Waals surface area (Å²) >= 11 is 11.7. The summed E-state index contributed by atoms with van der Waals surface area (Å²) in [5, 5.41) is 0. The van der Waals surface area contributed by atoms with E-state index in [1.807, 2.05) is 0 Å². The molecule has 0 amide bonds. The third-order valence-corrected chi connectivity index (χ3v) is 15.0. The highest BCUT2D eigenvalue weighted by molar-refractivity contribution is 9.12. The smallest absolute Gasteiger partial charge is 0.324 e. The Bertz CT molecular complexity index is 260. The van der Waals surface area contributed by atoms with Crippen LogP contribution in [0.15, 0.2) is 0 Å². The van der Waals surface area contributed by atoms with E-state index in [1.54, 1.807) is 0 Å². The first-order valence-corrected chi connectivity index (χ1v) is 16.6. The molecule has 0 rings (SSSR count). The second-order valence-electron chi connectivity index (χ2n) is 4.86. The molecule has 3 nitrogen and oxygen atoms in total. The van der Waals surface area contributed by atoms with Gasteiger partial charge in [0.1, 0.15) is 0 Å². The molecule has 0 bridgehead atoms. The maximum absolute atomic E-state index is 9.84. The van der Waals surface area contributed by atoms with Gasteiger partial charge in [-0.05, 0) is 36.5 Å². The molecule has 0 saturated carbocycles. The Labute approximate surface area is 161 Å². The predicted molar refractivity (Wildman–Crippen MR) is 117 cm³/mol. The van der Waals surface area contributed by atoms with Gasteiger partial charge in [0, 0.05) is 5.88 Å². The molecule has 0 aromatic carbocycles. The maximum Gasteiger partial charge on any atom is 0.326 e. The highest BCUT2D eigenvalue weighted by Gasteiger charge is 2.10. The number of hydrogen-bond donors (Lipinski definition) is 2. The molecule has 0 spiro atoms. The van der Waals surface area contributed by atoms with E-state index in [4.69, 9.17) is 21.4 Å². The quantitative estimate of drug-likeness (QED) is 0.168. The van der Waals surface area contributed by atoms with Crippen molar-refractivity contribution >= 4 is 58.9 Å². The number of unbranched alkanes of at least 4 members (excludes halogenated alkanes) is 3. The second kappa shape index (κ2) is 20.2. The van der Waals surface area contributed by atoms with Gasteiger partial charge in [-0.15, -0.1) is 45.7 Å². The zero-order valence-electron chi connectivity index (χ0n) is 14.6. The van der Waals surface area contributed by atoms with Crippen molar-refractivity contribution in [1.82, 2.24) is 0 Å². The lowest BCUT2D eigenvalue weighted by Crippen LogP contribution is -1.86. The van der Waals surface area contributed by atoms with Crippen molar-refractivity contribution in [3.8, 4) is 0 Å². The first-order valence-electron chi connectivity index (χ1n) is 8.20. The number of rotatable bonds is 14. The zero-order valence-corrected chi connectivity index (χ0v) is 19.6. The molecule has 0 saturated heterocycles. The van der Waals surface area contributed by atoms with Crippen LogP contribution in [0.25, 0.3) is 0 Å². The first kappa shape index (κ1) is 27.1. The van der Waals surface area contributed by atoms with Gasteiger partial charge in [0.25, 0.3) is 0 Å². The van der Waals surface area contributed by atoms with Gasteiger partial charge in [-0.1, -0.05) is 40.0 Å². The Morgan fingerprint density at radius 1 is 0.870 bits per heavy atom. The molecule has 0 unspecified atom stereocenters. The maximum atomic E-state index is 9.84. The van der Waals surface area contributed by atoms with E-state index >= 15 is 0 Å². The molecule has 23 heavy (non-hydrogen) atoms. The van der Waals surface area contributed by atoms with Gasteiger partial charge >= 0.3 is 7.60 Å². The summed E-state index contributed by atoms with van der Waals surface area (Å²) in [6.45, 7) is 6.87. The lowest BCUT2D eigenvalue weighted by molar-refractivity contribution is 0.375. The number of alkyl halides is 1. The van der Waals surface area contributed by atoms with Crippen molar-refractivity contribution in [1.29, 1.82) is 0 Å². The van der Waals surface area contributed by atoms with Gasteiger partial charge in [0.05, 0.1) is 11.7 Å². The van der Waals surface area contributed by atoms with Crippen molar-refractivity contribution in [3.05, 3.63) is 0 Å². The van der Waals surface area contributed by atoms with Crippen LogP contribution >= 0.6 is 58.9 Å². The first-order chi connectivity index (χ1) is 10.9. The molecule has 0 aromatic heterocycles. The summed E-state index contributed by atoms with van der Waals surface area (Å²) in [5.74, 6) is 4.14. The molecule has 0 atom stereocenters. The van der Waals surface area contributed by atoms with Crippen molar-refractivity contribution in [2.45, 2.75) is 59.3 Å². The fourth-order valence-electron chi connectivity index (χ4n) is 1.07. The molecule has 0 aliphatic heterocycles. The van der Waals surface area contributed by atoms with E-state index < -0.39 is 7.60 Å². The SMILES string of the molecule is CCCCSP(SCCCC)SCCCC.O=P(O)(O)CCCl. The van der Waals surface area contributed by atoms with Crippen LogP contribution in [0.3, 0.4) is 0 Å². The predicted octanol–water partition coefficient (Wildman–Crippen LogP) is 7.22. The Kier molecular flexibility index (Phi) is 23.9. The van der Waals surface area contributed by atoms with Crippen molar-refractivity contribution < 1.29 is 14.4 Å². The fraction of sp³-hybridized carbons (Fsp3) is 1.00. The summed E-state index contributed by atoms with van der Waals surface area (Å²) in [5.41, 5.74) is 0.155. The molecule has 142 valence electrons. The van der Waals surface area contributed by atoms with Crippen molar-refractivity contribution in [2.75, 3.05) is 29.3 Å². The Morgan fingerprint density at radius 3 is 1.39 bits per heavy atom. The minimum absolute atomic E-state index is 0.0181. The third-order valence-electron chi connectivity index (χ3n) is 2.46. The van der Waals surface area contributed by atoms with E-state index in [2.05, 4.69) is 54.9 Å². The Balaban J connectivity index is 0. The molecule has 0 fully saturated rings. The largest absolute Gasteiger partial charge is 0.326 e. The third kappa shape index (κ3) is 26.3. The highest BCUT2D eigenvalue weighted by atomic mass is 35.5. The van der Waals surface area contributed by atoms with E-state index in [9.17, 15) is 4.57 Å². The summed E-state index contributed by atoms with van der Waals surface area (Å²) < 4.78 is 9.84. The van der Waals surface area contributed by atoms with Crippen LogP contribution < -0.4 is 0 Å². The summed E-state index contributed by atoms with van der Waals surface area (Å²) in [6.07, 6.45) is 7.99. The molecule has 0 aromatic rings. The van der Waals surface area contributed by atoms with Gasteiger partial charge in [-0.2, -0.15) is 0 Å². The molecular formula is C14H33ClO3P2S3. The number of halogens is 1. The Hall–Kier alpha value is 1.92. The van der Waals surface area contributed by atoms with Gasteiger partial charge in [0.2, 0.25) is 0 Å². The topological polar surface area (TPSA) is 57.5 Å². The van der Waals surface area contributed by atoms with Crippen LogP contribution in [-0.4, -0.2) is 39.1 Å². The Morgan fingerprint density at radius 2 is 1.22 bits per heavy atom. The summed E-state index contributed by atoms with van der Waals surface area (Å²) in [4.78, 5) is 16.1. The second-order valence-corrected chi connectivity index (χ2v) is 17.2. The fourth-order valence-corrected chi connectivity index (χ4v) is 13.1. The molecule has 0 radical (unpaired) electrons. The highest BCUT2D eigenvalue weighted by Crippen LogP contribution is 2.70. The standard InChI is InChI=1S/C12H27PS3.C2H6ClO3P/c1-4-7-10-14-13(15-11-8-5-2)16-12-9-6-3;3-1-2-7(4,5)6/h4-12H2,1-3H3;1-2H2,(H2,4,5,6). The zero-order chi connectivity index (χ0) is 18.0. The minimum atomic E-state index is -3.80. The summed E-state index contributed by atoms with van der Waals surface area (Å²) in [6, 6.07) is 0. The van der Waals surface area contributed by atoms with E-state index in [-0.39, 0.29) is 17.6 Å². The van der Waals surface area contributed by atoms with Gasteiger partial charge in [-0.3, -0.25) is 4.57 Å². The van der Waals surface area contributed by atoms with Crippen LogP contribution in [0.1, 0.15) is 59.3 Å². The minimum Gasteiger partial charge on any atom is -0.324 e. The van der Waals surface area contributed by atoms with E-state index in [0.29, 0.717) is 0 Å². The molecule has 0 aliphatic rings. The lowest BCUT2D eigenvalue weighted by atomic mass is 10.4.